The van der Waals surface area contributed by atoms with Crippen LogP contribution in [0.15, 0.2) is 24.3 Å². The van der Waals surface area contributed by atoms with Crippen LogP contribution in [0.4, 0.5) is 22.0 Å². The lowest BCUT2D eigenvalue weighted by molar-refractivity contribution is -0.173. The highest BCUT2D eigenvalue weighted by molar-refractivity contribution is 5.80. The van der Waals surface area contributed by atoms with Crippen molar-refractivity contribution in [2.24, 2.45) is 0 Å². The molecule has 0 radical (unpaired) electrons. The zero-order valence-electron chi connectivity index (χ0n) is 10.3. The summed E-state index contributed by atoms with van der Waals surface area (Å²) >= 11 is 0. The zero-order chi connectivity index (χ0) is 15.4. The van der Waals surface area contributed by atoms with Gasteiger partial charge < -0.3 is 9.47 Å². The van der Waals surface area contributed by atoms with Crippen molar-refractivity contribution >= 4 is 5.97 Å². The highest BCUT2D eigenvalue weighted by atomic mass is 19.4. The highest BCUT2D eigenvalue weighted by Gasteiger charge is 2.45. The molecule has 0 aromatic heterocycles. The van der Waals surface area contributed by atoms with Gasteiger partial charge in [-0.3, -0.25) is 0 Å². The molecule has 0 aliphatic carbocycles. The Hall–Kier alpha value is -1.86. The number of ether oxygens (including phenoxy) is 2. The molecular formula is C12H11F5O3. The fourth-order valence-corrected chi connectivity index (χ4v) is 1.34. The van der Waals surface area contributed by atoms with Crippen LogP contribution < -0.4 is 4.74 Å². The topological polar surface area (TPSA) is 35.5 Å². The van der Waals surface area contributed by atoms with Gasteiger partial charge in [-0.1, -0.05) is 12.1 Å². The van der Waals surface area contributed by atoms with Crippen molar-refractivity contribution in [3.63, 3.8) is 0 Å². The molecule has 0 bridgehead atoms. The van der Waals surface area contributed by atoms with Gasteiger partial charge in [-0.05, 0) is 19.1 Å². The average molecular weight is 298 g/mol. The van der Waals surface area contributed by atoms with Crippen LogP contribution in [0.5, 0.6) is 5.75 Å². The smallest absolute Gasteiger partial charge is 0.422 e. The summed E-state index contributed by atoms with van der Waals surface area (Å²) in [7, 11) is 0. The normalized spacial score (nSPS) is 12.1. The second-order valence-electron chi connectivity index (χ2n) is 3.69. The Bertz CT molecular complexity index is 470. The second-order valence-corrected chi connectivity index (χ2v) is 3.69. The number of hydrogen-bond acceptors (Lipinski definition) is 3. The number of carbonyl (C=O) groups excluding carboxylic acids is 1. The van der Waals surface area contributed by atoms with Crippen molar-refractivity contribution in [2.45, 2.75) is 19.0 Å². The fourth-order valence-electron chi connectivity index (χ4n) is 1.34. The van der Waals surface area contributed by atoms with Crippen LogP contribution in [-0.2, 0) is 15.5 Å². The molecule has 0 spiro atoms. The van der Waals surface area contributed by atoms with E-state index in [-0.39, 0.29) is 6.61 Å². The Morgan fingerprint density at radius 2 is 1.75 bits per heavy atom. The molecule has 0 N–H and O–H groups in total. The molecule has 0 saturated heterocycles. The van der Waals surface area contributed by atoms with Crippen LogP contribution >= 0.6 is 0 Å². The van der Waals surface area contributed by atoms with Crippen molar-refractivity contribution in [2.75, 3.05) is 13.2 Å². The summed E-state index contributed by atoms with van der Waals surface area (Å²) in [6, 6.07) is 4.11. The first-order valence-electron chi connectivity index (χ1n) is 5.52. The molecule has 0 unspecified atom stereocenters. The van der Waals surface area contributed by atoms with E-state index < -0.39 is 36.0 Å². The van der Waals surface area contributed by atoms with E-state index >= 15 is 0 Å². The molecule has 8 heteroatoms. The second kappa shape index (κ2) is 6.06. The van der Waals surface area contributed by atoms with Gasteiger partial charge in [-0.15, -0.1) is 0 Å². The molecular weight excluding hydrogens is 287 g/mol. The minimum atomic E-state index is -4.67. The SMILES string of the molecule is CCOC(=O)C(F)(F)c1ccccc1OCC(F)(F)F. The van der Waals surface area contributed by atoms with Gasteiger partial charge in [0.2, 0.25) is 0 Å². The van der Waals surface area contributed by atoms with Crippen LogP contribution in [-0.4, -0.2) is 25.4 Å². The summed E-state index contributed by atoms with van der Waals surface area (Å²) in [5.74, 6) is -6.65. The predicted molar refractivity (Wildman–Crippen MR) is 58.5 cm³/mol. The van der Waals surface area contributed by atoms with Gasteiger partial charge in [0.15, 0.2) is 6.61 Å². The quantitative estimate of drug-likeness (QED) is 0.618. The lowest BCUT2D eigenvalue weighted by atomic mass is 10.1. The Kier molecular flexibility index (Phi) is 4.91. The maximum Gasteiger partial charge on any atom is 0.422 e. The molecule has 20 heavy (non-hydrogen) atoms. The van der Waals surface area contributed by atoms with Crippen LogP contribution in [0.1, 0.15) is 12.5 Å². The van der Waals surface area contributed by atoms with E-state index in [1.165, 1.54) is 13.0 Å². The predicted octanol–water partition coefficient (Wildman–Crippen LogP) is 3.28. The van der Waals surface area contributed by atoms with Gasteiger partial charge >= 0.3 is 18.1 Å². The summed E-state index contributed by atoms with van der Waals surface area (Å²) < 4.78 is 72.2. The lowest BCUT2D eigenvalue weighted by Gasteiger charge is -2.19. The van der Waals surface area contributed by atoms with Crippen LogP contribution in [0.3, 0.4) is 0 Å². The summed E-state index contributed by atoms with van der Waals surface area (Å²) in [6.07, 6.45) is -4.67. The number of halogens is 5. The highest BCUT2D eigenvalue weighted by Crippen LogP contribution is 2.36. The van der Waals surface area contributed by atoms with Gasteiger partial charge in [0.1, 0.15) is 5.75 Å². The molecule has 0 aliphatic rings. The largest absolute Gasteiger partial charge is 0.484 e. The van der Waals surface area contributed by atoms with Crippen molar-refractivity contribution in [3.05, 3.63) is 29.8 Å². The molecule has 0 amide bonds. The molecule has 1 aromatic carbocycles. The van der Waals surface area contributed by atoms with Crippen LogP contribution in [0.25, 0.3) is 0 Å². The number of alkyl halides is 5. The number of esters is 1. The van der Waals surface area contributed by atoms with Crippen LogP contribution in [0, 0.1) is 0 Å². The van der Waals surface area contributed by atoms with Crippen molar-refractivity contribution < 1.29 is 36.2 Å². The molecule has 112 valence electrons. The van der Waals surface area contributed by atoms with E-state index in [2.05, 4.69) is 9.47 Å². The maximum absolute atomic E-state index is 13.8. The minimum absolute atomic E-state index is 0.278. The first-order valence-corrected chi connectivity index (χ1v) is 5.52. The number of carbonyl (C=O) groups is 1. The van der Waals surface area contributed by atoms with E-state index in [1.54, 1.807) is 0 Å². The van der Waals surface area contributed by atoms with Gasteiger partial charge in [-0.25, -0.2) is 4.79 Å². The molecule has 3 nitrogen and oxygen atoms in total. The molecule has 0 heterocycles. The van der Waals surface area contributed by atoms with Gasteiger partial charge in [0.05, 0.1) is 12.2 Å². The number of para-hydroxylation sites is 1. The molecule has 0 atom stereocenters. The average Bonchev–Trinajstić information content (AvgIpc) is 2.36. The van der Waals surface area contributed by atoms with Crippen LogP contribution in [0.2, 0.25) is 0 Å². The third kappa shape index (κ3) is 4.07. The van der Waals surface area contributed by atoms with E-state index in [4.69, 9.17) is 0 Å². The molecule has 1 rings (SSSR count). The molecule has 0 aliphatic heterocycles. The maximum atomic E-state index is 13.8. The Morgan fingerprint density at radius 3 is 2.30 bits per heavy atom. The summed E-state index contributed by atoms with van der Waals surface area (Å²) in [4.78, 5) is 11.2. The number of hydrogen-bond donors (Lipinski definition) is 0. The summed E-state index contributed by atoms with van der Waals surface area (Å²) in [6.45, 7) is -0.678. The van der Waals surface area contributed by atoms with E-state index in [0.717, 1.165) is 18.2 Å². The summed E-state index contributed by atoms with van der Waals surface area (Å²) in [5.41, 5.74) is -0.970. The first kappa shape index (κ1) is 16.2. The third-order valence-electron chi connectivity index (χ3n) is 2.15. The zero-order valence-corrected chi connectivity index (χ0v) is 10.3. The van der Waals surface area contributed by atoms with Crippen molar-refractivity contribution in [1.29, 1.82) is 0 Å². The lowest BCUT2D eigenvalue weighted by Crippen LogP contribution is -2.29. The molecule has 0 saturated carbocycles. The van der Waals surface area contributed by atoms with E-state index in [1.807, 2.05) is 0 Å². The van der Waals surface area contributed by atoms with Crippen molar-refractivity contribution in [3.8, 4) is 5.75 Å². The Labute approximate surface area is 111 Å². The standard InChI is InChI=1S/C12H11F5O3/c1-2-19-10(18)12(16,17)8-5-3-4-6-9(8)20-7-11(13,14)15/h3-6H,2,7H2,1H3. The molecule has 1 aromatic rings. The minimum Gasteiger partial charge on any atom is -0.484 e. The van der Waals surface area contributed by atoms with E-state index in [0.29, 0.717) is 0 Å². The Balaban J connectivity index is 3.03. The Morgan fingerprint density at radius 1 is 1.15 bits per heavy atom. The molecule has 0 fully saturated rings. The third-order valence-corrected chi connectivity index (χ3v) is 2.15. The fraction of sp³-hybridized carbons (Fsp3) is 0.417. The first-order chi connectivity index (χ1) is 9.18. The van der Waals surface area contributed by atoms with Gasteiger partial charge in [-0.2, -0.15) is 22.0 Å². The van der Waals surface area contributed by atoms with E-state index in [9.17, 15) is 26.7 Å². The number of benzene rings is 1. The van der Waals surface area contributed by atoms with Gasteiger partial charge in [0.25, 0.3) is 0 Å². The number of rotatable bonds is 5. The monoisotopic (exact) mass is 298 g/mol. The summed E-state index contributed by atoms with van der Waals surface area (Å²) in [5, 5.41) is 0. The van der Waals surface area contributed by atoms with Crippen molar-refractivity contribution in [1.82, 2.24) is 0 Å². The van der Waals surface area contributed by atoms with Gasteiger partial charge in [0, 0.05) is 0 Å².